The molecule has 0 unspecified atom stereocenters. The summed E-state index contributed by atoms with van der Waals surface area (Å²) in [6.07, 6.45) is 0. The van der Waals surface area contributed by atoms with E-state index in [1.54, 1.807) is 0 Å². The first-order valence-corrected chi connectivity index (χ1v) is 10.6. The van der Waals surface area contributed by atoms with Gasteiger partial charge in [-0.25, -0.2) is 0 Å². The van der Waals surface area contributed by atoms with E-state index >= 15 is 0 Å². The van der Waals surface area contributed by atoms with Crippen LogP contribution < -0.4 is 0 Å². The molecular formula is C10H34Si2. The monoisotopic (exact) mass is 210 g/mol. The maximum absolute atomic E-state index is 2.36. The molecular weight excluding hydrogens is 176 g/mol. The van der Waals surface area contributed by atoms with Crippen LogP contribution in [-0.4, -0.2) is 17.6 Å². The number of rotatable bonds is 1. The van der Waals surface area contributed by atoms with E-state index in [0.717, 1.165) is 0 Å². The first kappa shape index (κ1) is 29.4. The SMILES string of the molecule is C.C.C.CC[SiH](C)C.C[SiH](C)C. The molecule has 0 fully saturated rings. The summed E-state index contributed by atoms with van der Waals surface area (Å²) in [5, 5.41) is 0. The fourth-order valence-corrected chi connectivity index (χ4v) is 0. The third-order valence-corrected chi connectivity index (χ3v) is 2.45. The lowest BCUT2D eigenvalue weighted by Crippen LogP contribution is -1.92. The molecule has 0 N–H and O–H groups in total. The zero-order valence-corrected chi connectivity index (χ0v) is 10.2. The second-order valence-corrected chi connectivity index (χ2v) is 10.6. The molecule has 0 aliphatic heterocycles. The summed E-state index contributed by atoms with van der Waals surface area (Å²) in [7, 11) is -0.289. The van der Waals surface area contributed by atoms with Crippen molar-refractivity contribution >= 4 is 17.6 Å². The molecule has 0 aromatic heterocycles. The Morgan fingerprint density at radius 1 is 0.750 bits per heavy atom. The largest absolute Gasteiger partial charge is 0.0776 e. The Labute approximate surface area is 86.0 Å². The van der Waals surface area contributed by atoms with Crippen molar-refractivity contribution < 1.29 is 0 Å². The lowest BCUT2D eigenvalue weighted by atomic mass is 11.0. The summed E-state index contributed by atoms with van der Waals surface area (Å²) in [6, 6.07) is 1.44. The van der Waals surface area contributed by atoms with Crippen LogP contribution >= 0.6 is 0 Å². The van der Waals surface area contributed by atoms with Crippen LogP contribution in [0.5, 0.6) is 0 Å². The van der Waals surface area contributed by atoms with Gasteiger partial charge in [-0.3, -0.25) is 0 Å². The van der Waals surface area contributed by atoms with E-state index in [2.05, 4.69) is 39.7 Å². The molecule has 0 spiro atoms. The smallest absolute Gasteiger partial charge is 0.0302 e. The van der Waals surface area contributed by atoms with Crippen LogP contribution in [0.4, 0.5) is 0 Å². The van der Waals surface area contributed by atoms with Crippen molar-refractivity contribution in [3.63, 3.8) is 0 Å². The summed E-state index contributed by atoms with van der Waals surface area (Å²) < 4.78 is 0. The topological polar surface area (TPSA) is 0 Å². The van der Waals surface area contributed by atoms with Gasteiger partial charge < -0.3 is 0 Å². The van der Waals surface area contributed by atoms with Crippen LogP contribution in [0.25, 0.3) is 0 Å². The molecule has 0 aliphatic carbocycles. The molecule has 0 aliphatic rings. The highest BCUT2D eigenvalue weighted by Crippen LogP contribution is 1.83. The Hall–Kier alpha value is 0.434. The Morgan fingerprint density at radius 2 is 0.833 bits per heavy atom. The van der Waals surface area contributed by atoms with E-state index in [-0.39, 0.29) is 39.9 Å². The van der Waals surface area contributed by atoms with Gasteiger partial charge in [-0.1, -0.05) is 68.0 Å². The minimum Gasteiger partial charge on any atom is -0.0776 e. The highest BCUT2D eigenvalue weighted by molar-refractivity contribution is 6.55. The molecule has 12 heavy (non-hydrogen) atoms. The standard InChI is InChI=1S/C4H12Si.C3H10Si.3CH4/c1-4-5(2)3;1-4(2)3;;;/h5H,4H2,1-3H3;4H,1-3H3;3*1H4. The average Bonchev–Trinajstić information content (AvgIpc) is 1.65. The maximum Gasteiger partial charge on any atom is 0.0302 e. The summed E-state index contributed by atoms with van der Waals surface area (Å²) in [4.78, 5) is 0. The van der Waals surface area contributed by atoms with E-state index < -0.39 is 0 Å². The molecule has 0 rings (SSSR count). The molecule has 0 radical (unpaired) electrons. The molecule has 0 heterocycles. The quantitative estimate of drug-likeness (QED) is 0.559. The molecule has 82 valence electrons. The van der Waals surface area contributed by atoms with E-state index in [0.29, 0.717) is 0 Å². The Balaban J connectivity index is -0.0000000221. The van der Waals surface area contributed by atoms with Crippen LogP contribution in [0.2, 0.25) is 38.8 Å². The van der Waals surface area contributed by atoms with Gasteiger partial charge >= 0.3 is 0 Å². The Morgan fingerprint density at radius 3 is 0.833 bits per heavy atom. The predicted octanol–water partition coefficient (Wildman–Crippen LogP) is 4.50. The second kappa shape index (κ2) is 22.5. The van der Waals surface area contributed by atoms with Gasteiger partial charge in [0.15, 0.2) is 0 Å². The zero-order valence-electron chi connectivity index (χ0n) is 7.86. The Bertz CT molecular complexity index is 40.3. The molecule has 0 saturated heterocycles. The fraction of sp³-hybridized carbons (Fsp3) is 1.00. The molecule has 0 saturated carbocycles. The van der Waals surface area contributed by atoms with Gasteiger partial charge in [0.25, 0.3) is 0 Å². The third-order valence-electron chi connectivity index (χ3n) is 0.816. The van der Waals surface area contributed by atoms with Gasteiger partial charge in [-0.05, 0) is 0 Å². The van der Waals surface area contributed by atoms with Crippen molar-refractivity contribution in [2.45, 2.75) is 68.0 Å². The van der Waals surface area contributed by atoms with Crippen molar-refractivity contribution in [3.05, 3.63) is 0 Å². The fourth-order valence-electron chi connectivity index (χ4n) is 0. The van der Waals surface area contributed by atoms with Crippen molar-refractivity contribution in [1.82, 2.24) is 0 Å². The van der Waals surface area contributed by atoms with E-state index in [1.807, 2.05) is 0 Å². The second-order valence-electron chi connectivity index (χ2n) is 3.53. The van der Waals surface area contributed by atoms with Crippen molar-refractivity contribution in [2.75, 3.05) is 0 Å². The summed E-state index contributed by atoms with van der Waals surface area (Å²) in [5.41, 5.74) is 0. The molecule has 0 amide bonds. The van der Waals surface area contributed by atoms with Gasteiger partial charge in [-0.15, -0.1) is 0 Å². The van der Waals surface area contributed by atoms with Gasteiger partial charge in [0.05, 0.1) is 0 Å². The molecule has 2 heteroatoms. The van der Waals surface area contributed by atoms with Gasteiger partial charge in [0.2, 0.25) is 0 Å². The minimum atomic E-state index is -0.150. The van der Waals surface area contributed by atoms with Gasteiger partial charge in [-0.2, -0.15) is 0 Å². The summed E-state index contributed by atoms with van der Waals surface area (Å²) >= 11 is 0. The third kappa shape index (κ3) is 157. The lowest BCUT2D eigenvalue weighted by Gasteiger charge is -1.87. The van der Waals surface area contributed by atoms with Crippen molar-refractivity contribution in [3.8, 4) is 0 Å². The molecule has 0 aromatic carbocycles. The maximum atomic E-state index is 2.36. The highest BCUT2D eigenvalue weighted by atomic mass is 28.3. The average molecular weight is 211 g/mol. The first-order valence-electron chi connectivity index (χ1n) is 4.00. The van der Waals surface area contributed by atoms with Crippen molar-refractivity contribution in [1.29, 1.82) is 0 Å². The predicted molar refractivity (Wildman–Crippen MR) is 74.3 cm³/mol. The van der Waals surface area contributed by atoms with Crippen LogP contribution in [0.1, 0.15) is 29.2 Å². The normalized spacial score (nSPS) is 7.00. The lowest BCUT2D eigenvalue weighted by molar-refractivity contribution is 1.41. The van der Waals surface area contributed by atoms with Crippen LogP contribution in [0.15, 0.2) is 0 Å². The molecule has 0 atom stereocenters. The van der Waals surface area contributed by atoms with Crippen LogP contribution in [0.3, 0.4) is 0 Å². The zero-order chi connectivity index (χ0) is 7.86. The van der Waals surface area contributed by atoms with Crippen LogP contribution in [0, 0.1) is 0 Å². The number of hydrogen-bond acceptors (Lipinski definition) is 0. The van der Waals surface area contributed by atoms with E-state index in [4.69, 9.17) is 0 Å². The number of hydrogen-bond donors (Lipinski definition) is 0. The molecule has 0 bridgehead atoms. The molecule has 0 nitrogen and oxygen atoms in total. The van der Waals surface area contributed by atoms with E-state index in [1.165, 1.54) is 6.04 Å². The van der Waals surface area contributed by atoms with Gasteiger partial charge in [0, 0.05) is 17.6 Å². The summed E-state index contributed by atoms with van der Waals surface area (Å²) in [6.45, 7) is 13.9. The van der Waals surface area contributed by atoms with Gasteiger partial charge in [0.1, 0.15) is 0 Å². The first-order chi connectivity index (χ1) is 4.00. The van der Waals surface area contributed by atoms with Crippen molar-refractivity contribution in [2.24, 2.45) is 0 Å². The molecule has 0 aromatic rings. The Kier molecular flexibility index (Phi) is 55.2. The highest BCUT2D eigenvalue weighted by Gasteiger charge is 1.82. The van der Waals surface area contributed by atoms with Crippen LogP contribution in [-0.2, 0) is 0 Å². The summed E-state index contributed by atoms with van der Waals surface area (Å²) in [5.74, 6) is 0. The minimum absolute atomic E-state index is 0. The van der Waals surface area contributed by atoms with E-state index in [9.17, 15) is 0 Å².